The molecule has 0 aliphatic carbocycles. The molecule has 0 fully saturated rings. The predicted molar refractivity (Wildman–Crippen MR) is 69.5 cm³/mol. The monoisotopic (exact) mass is 231 g/mol. The van der Waals surface area contributed by atoms with Crippen LogP contribution in [0.3, 0.4) is 0 Å². The molecule has 3 nitrogen and oxygen atoms in total. The van der Waals surface area contributed by atoms with Gasteiger partial charge in [-0.05, 0) is 18.1 Å². The second-order valence-corrected chi connectivity index (χ2v) is 4.99. The standard InChI is InChI=1S/C14H21N3/c1-4-12(8-15)9-17-11-14(2,3)13-6-5-7-16-10-13/h5-7,10,12,17H,4,9,11H2,1-3H3. The Kier molecular flexibility index (Phi) is 5.11. The summed E-state index contributed by atoms with van der Waals surface area (Å²) in [5.41, 5.74) is 1.26. The maximum atomic E-state index is 8.87. The van der Waals surface area contributed by atoms with E-state index in [1.54, 1.807) is 6.20 Å². The molecule has 1 aromatic heterocycles. The number of nitriles is 1. The Hall–Kier alpha value is -1.40. The van der Waals surface area contributed by atoms with Crippen LogP contribution in [0.1, 0.15) is 32.8 Å². The van der Waals surface area contributed by atoms with Crippen molar-refractivity contribution in [2.75, 3.05) is 13.1 Å². The largest absolute Gasteiger partial charge is 0.315 e. The molecule has 1 rings (SSSR count). The van der Waals surface area contributed by atoms with E-state index in [2.05, 4.69) is 36.3 Å². The van der Waals surface area contributed by atoms with Crippen LogP contribution in [-0.2, 0) is 5.41 Å². The minimum Gasteiger partial charge on any atom is -0.315 e. The fraction of sp³-hybridized carbons (Fsp3) is 0.571. The van der Waals surface area contributed by atoms with Gasteiger partial charge in [0, 0.05) is 30.9 Å². The number of pyridine rings is 1. The topological polar surface area (TPSA) is 48.7 Å². The molecule has 0 aliphatic heterocycles. The van der Waals surface area contributed by atoms with E-state index in [1.807, 2.05) is 19.2 Å². The van der Waals surface area contributed by atoms with Gasteiger partial charge < -0.3 is 5.32 Å². The second-order valence-electron chi connectivity index (χ2n) is 4.99. The van der Waals surface area contributed by atoms with Crippen LogP contribution < -0.4 is 5.32 Å². The Morgan fingerprint density at radius 1 is 1.53 bits per heavy atom. The molecule has 0 bridgehead atoms. The summed E-state index contributed by atoms with van der Waals surface area (Å²) in [6.07, 6.45) is 4.59. The van der Waals surface area contributed by atoms with Crippen molar-refractivity contribution in [3.63, 3.8) is 0 Å². The molecule has 92 valence electrons. The van der Waals surface area contributed by atoms with E-state index < -0.39 is 0 Å². The molecule has 17 heavy (non-hydrogen) atoms. The van der Waals surface area contributed by atoms with Gasteiger partial charge in [-0.3, -0.25) is 4.98 Å². The lowest BCUT2D eigenvalue weighted by molar-refractivity contribution is 0.444. The van der Waals surface area contributed by atoms with Gasteiger partial charge in [0.05, 0.1) is 12.0 Å². The SMILES string of the molecule is CCC(C#N)CNCC(C)(C)c1cccnc1. The van der Waals surface area contributed by atoms with Gasteiger partial charge in [0.15, 0.2) is 0 Å². The molecule has 0 amide bonds. The van der Waals surface area contributed by atoms with E-state index >= 15 is 0 Å². The zero-order valence-corrected chi connectivity index (χ0v) is 10.9. The van der Waals surface area contributed by atoms with Crippen molar-refractivity contribution in [2.24, 2.45) is 5.92 Å². The highest BCUT2D eigenvalue weighted by Crippen LogP contribution is 2.20. The third-order valence-corrected chi connectivity index (χ3v) is 3.08. The Morgan fingerprint density at radius 2 is 2.29 bits per heavy atom. The van der Waals surface area contributed by atoms with E-state index in [0.29, 0.717) is 0 Å². The fourth-order valence-electron chi connectivity index (χ4n) is 1.71. The van der Waals surface area contributed by atoms with Crippen molar-refractivity contribution in [2.45, 2.75) is 32.6 Å². The van der Waals surface area contributed by atoms with Crippen molar-refractivity contribution in [3.8, 4) is 6.07 Å². The number of nitrogens with zero attached hydrogens (tertiary/aromatic N) is 2. The molecule has 0 spiro atoms. The Balaban J connectivity index is 2.49. The van der Waals surface area contributed by atoms with Crippen LogP contribution in [-0.4, -0.2) is 18.1 Å². The summed E-state index contributed by atoms with van der Waals surface area (Å²) in [6.45, 7) is 8.03. The summed E-state index contributed by atoms with van der Waals surface area (Å²) in [5.74, 6) is 0.111. The maximum Gasteiger partial charge on any atom is 0.0669 e. The van der Waals surface area contributed by atoms with Crippen LogP contribution in [0, 0.1) is 17.2 Å². The highest BCUT2D eigenvalue weighted by Gasteiger charge is 2.20. The molecule has 0 radical (unpaired) electrons. The summed E-state index contributed by atoms with van der Waals surface area (Å²) < 4.78 is 0. The maximum absolute atomic E-state index is 8.87. The van der Waals surface area contributed by atoms with Gasteiger partial charge in [0.25, 0.3) is 0 Å². The van der Waals surface area contributed by atoms with Crippen molar-refractivity contribution < 1.29 is 0 Å². The predicted octanol–water partition coefficient (Wildman–Crippen LogP) is 2.50. The minimum atomic E-state index is 0.0437. The molecule has 3 heteroatoms. The van der Waals surface area contributed by atoms with Crippen molar-refractivity contribution in [1.29, 1.82) is 5.26 Å². The van der Waals surface area contributed by atoms with Crippen LogP contribution in [0.25, 0.3) is 0 Å². The fourth-order valence-corrected chi connectivity index (χ4v) is 1.71. The Bertz CT molecular complexity index is 365. The number of hydrogen-bond donors (Lipinski definition) is 1. The van der Waals surface area contributed by atoms with Gasteiger partial charge in [-0.1, -0.05) is 26.8 Å². The highest BCUT2D eigenvalue weighted by atomic mass is 14.9. The first-order chi connectivity index (χ1) is 8.10. The average molecular weight is 231 g/mol. The van der Waals surface area contributed by atoms with Crippen molar-refractivity contribution >= 4 is 0 Å². The number of aromatic nitrogens is 1. The summed E-state index contributed by atoms with van der Waals surface area (Å²) in [6, 6.07) is 6.36. The molecule has 0 saturated carbocycles. The van der Waals surface area contributed by atoms with Crippen LogP contribution >= 0.6 is 0 Å². The van der Waals surface area contributed by atoms with E-state index in [0.717, 1.165) is 19.5 Å². The first kappa shape index (κ1) is 13.7. The minimum absolute atomic E-state index is 0.0437. The lowest BCUT2D eigenvalue weighted by atomic mass is 9.85. The normalized spacial score (nSPS) is 13.1. The van der Waals surface area contributed by atoms with Gasteiger partial charge in [0.2, 0.25) is 0 Å². The molecule has 0 aliphatic rings. The smallest absolute Gasteiger partial charge is 0.0669 e. The Morgan fingerprint density at radius 3 is 2.82 bits per heavy atom. The molecule has 1 unspecified atom stereocenters. The molecule has 1 N–H and O–H groups in total. The summed E-state index contributed by atoms with van der Waals surface area (Å²) in [5, 5.41) is 12.2. The molecular formula is C14H21N3. The summed E-state index contributed by atoms with van der Waals surface area (Å²) >= 11 is 0. The lowest BCUT2D eigenvalue weighted by Gasteiger charge is -2.25. The molecule has 0 saturated heterocycles. The molecular weight excluding hydrogens is 210 g/mol. The third kappa shape index (κ3) is 4.16. The zero-order valence-electron chi connectivity index (χ0n) is 10.9. The summed E-state index contributed by atoms with van der Waals surface area (Å²) in [7, 11) is 0. The van der Waals surface area contributed by atoms with Crippen LogP contribution in [0.2, 0.25) is 0 Å². The van der Waals surface area contributed by atoms with E-state index in [9.17, 15) is 0 Å². The molecule has 1 aromatic rings. The molecule has 1 heterocycles. The molecule has 1 atom stereocenters. The first-order valence-corrected chi connectivity index (χ1v) is 6.11. The van der Waals surface area contributed by atoms with E-state index in [4.69, 9.17) is 5.26 Å². The second kappa shape index (κ2) is 6.36. The lowest BCUT2D eigenvalue weighted by Crippen LogP contribution is -2.35. The third-order valence-electron chi connectivity index (χ3n) is 3.08. The first-order valence-electron chi connectivity index (χ1n) is 6.11. The summed E-state index contributed by atoms with van der Waals surface area (Å²) in [4.78, 5) is 4.15. The number of rotatable bonds is 6. The van der Waals surface area contributed by atoms with Gasteiger partial charge in [0.1, 0.15) is 0 Å². The van der Waals surface area contributed by atoms with E-state index in [1.165, 1.54) is 5.56 Å². The number of nitrogens with one attached hydrogen (secondary N) is 1. The molecule has 0 aromatic carbocycles. The van der Waals surface area contributed by atoms with Crippen LogP contribution in [0.5, 0.6) is 0 Å². The van der Waals surface area contributed by atoms with Crippen molar-refractivity contribution in [3.05, 3.63) is 30.1 Å². The van der Waals surface area contributed by atoms with Gasteiger partial charge in [-0.2, -0.15) is 5.26 Å². The quantitative estimate of drug-likeness (QED) is 0.818. The van der Waals surface area contributed by atoms with Gasteiger partial charge in [-0.25, -0.2) is 0 Å². The van der Waals surface area contributed by atoms with Crippen molar-refractivity contribution in [1.82, 2.24) is 10.3 Å². The van der Waals surface area contributed by atoms with E-state index in [-0.39, 0.29) is 11.3 Å². The number of hydrogen-bond acceptors (Lipinski definition) is 3. The van der Waals surface area contributed by atoms with Gasteiger partial charge in [-0.15, -0.1) is 0 Å². The van der Waals surface area contributed by atoms with Gasteiger partial charge >= 0.3 is 0 Å². The zero-order chi connectivity index (χ0) is 12.7. The van der Waals surface area contributed by atoms with Crippen LogP contribution in [0.4, 0.5) is 0 Å². The average Bonchev–Trinajstić information content (AvgIpc) is 2.36. The highest BCUT2D eigenvalue weighted by molar-refractivity contribution is 5.19. The van der Waals surface area contributed by atoms with Crippen LogP contribution in [0.15, 0.2) is 24.5 Å². The Labute approximate surface area is 104 Å².